The number of amides is 1. The lowest BCUT2D eigenvalue weighted by Crippen LogP contribution is -2.45. The van der Waals surface area contributed by atoms with Crippen molar-refractivity contribution in [2.75, 3.05) is 13.1 Å². The van der Waals surface area contributed by atoms with Gasteiger partial charge in [0.05, 0.1) is 10.7 Å². The Kier molecular flexibility index (Phi) is 6.96. The van der Waals surface area contributed by atoms with Crippen LogP contribution in [0.5, 0.6) is 0 Å². The maximum atomic E-state index is 12.7. The number of nitrogens with one attached hydrogen (secondary N) is 1. The van der Waals surface area contributed by atoms with Gasteiger partial charge < -0.3 is 5.32 Å². The SMILES string of the molecule is CCC(C)(C)C1CCC(NC(=O)C2CCN(Cc3csc(C)n3)CC2)CC1. The molecule has 1 aliphatic heterocycles. The van der Waals surface area contributed by atoms with Gasteiger partial charge >= 0.3 is 0 Å². The van der Waals surface area contributed by atoms with E-state index in [0.29, 0.717) is 17.4 Å². The highest BCUT2D eigenvalue weighted by Gasteiger charge is 2.33. The Morgan fingerprint density at radius 1 is 1.22 bits per heavy atom. The van der Waals surface area contributed by atoms with Gasteiger partial charge in [-0.3, -0.25) is 9.69 Å². The molecule has 1 saturated carbocycles. The number of piperidine rings is 1. The van der Waals surface area contributed by atoms with Gasteiger partial charge in [0.1, 0.15) is 0 Å². The second-order valence-corrected chi connectivity index (χ2v) is 10.4. The Morgan fingerprint density at radius 3 is 2.44 bits per heavy atom. The molecular weight excluding hydrogens is 354 g/mol. The van der Waals surface area contributed by atoms with Crippen molar-refractivity contribution >= 4 is 17.2 Å². The van der Waals surface area contributed by atoms with E-state index in [1.807, 2.05) is 0 Å². The summed E-state index contributed by atoms with van der Waals surface area (Å²) in [5.74, 6) is 1.31. The highest BCUT2D eigenvalue weighted by Crippen LogP contribution is 2.40. The lowest BCUT2D eigenvalue weighted by molar-refractivity contribution is -0.127. The molecule has 152 valence electrons. The molecule has 0 atom stereocenters. The Balaban J connectivity index is 1.39. The van der Waals surface area contributed by atoms with Gasteiger partial charge in [-0.25, -0.2) is 4.98 Å². The highest BCUT2D eigenvalue weighted by molar-refractivity contribution is 7.09. The zero-order valence-electron chi connectivity index (χ0n) is 17.6. The predicted molar refractivity (Wildman–Crippen MR) is 113 cm³/mol. The molecule has 5 heteroatoms. The Labute approximate surface area is 169 Å². The number of rotatable bonds is 6. The number of likely N-dealkylation sites (tertiary alicyclic amines) is 1. The van der Waals surface area contributed by atoms with E-state index in [2.05, 4.69) is 48.3 Å². The maximum absolute atomic E-state index is 12.7. The molecule has 1 aromatic heterocycles. The molecule has 0 radical (unpaired) electrons. The van der Waals surface area contributed by atoms with Crippen molar-refractivity contribution in [2.24, 2.45) is 17.3 Å². The average molecular weight is 392 g/mol. The van der Waals surface area contributed by atoms with Crippen molar-refractivity contribution in [2.45, 2.75) is 85.2 Å². The molecule has 1 aliphatic carbocycles. The van der Waals surface area contributed by atoms with E-state index in [1.54, 1.807) is 11.3 Å². The van der Waals surface area contributed by atoms with Crippen LogP contribution in [-0.2, 0) is 11.3 Å². The molecule has 1 aromatic rings. The smallest absolute Gasteiger partial charge is 0.223 e. The van der Waals surface area contributed by atoms with Gasteiger partial charge in [0.25, 0.3) is 0 Å². The molecule has 1 saturated heterocycles. The van der Waals surface area contributed by atoms with Crippen LogP contribution in [0.2, 0.25) is 0 Å². The third-order valence-corrected chi connectivity index (χ3v) is 7.92. The van der Waals surface area contributed by atoms with Gasteiger partial charge in [0.15, 0.2) is 0 Å². The molecule has 0 bridgehead atoms. The van der Waals surface area contributed by atoms with Crippen LogP contribution < -0.4 is 5.32 Å². The van der Waals surface area contributed by atoms with Crippen LogP contribution in [0.25, 0.3) is 0 Å². The van der Waals surface area contributed by atoms with Crippen molar-refractivity contribution < 1.29 is 4.79 Å². The van der Waals surface area contributed by atoms with Crippen LogP contribution in [0, 0.1) is 24.2 Å². The summed E-state index contributed by atoms with van der Waals surface area (Å²) in [5.41, 5.74) is 1.62. The minimum absolute atomic E-state index is 0.197. The van der Waals surface area contributed by atoms with Gasteiger partial charge in [-0.05, 0) is 69.9 Å². The number of aryl methyl sites for hydroxylation is 1. The van der Waals surface area contributed by atoms with Crippen molar-refractivity contribution in [3.8, 4) is 0 Å². The molecule has 0 aromatic carbocycles. The van der Waals surface area contributed by atoms with E-state index in [4.69, 9.17) is 0 Å². The summed E-state index contributed by atoms with van der Waals surface area (Å²) in [6.07, 6.45) is 8.03. The monoisotopic (exact) mass is 391 g/mol. The maximum Gasteiger partial charge on any atom is 0.223 e. The summed E-state index contributed by atoms with van der Waals surface area (Å²) in [4.78, 5) is 19.7. The summed E-state index contributed by atoms with van der Waals surface area (Å²) >= 11 is 1.72. The predicted octanol–water partition coefficient (Wildman–Crippen LogP) is 4.77. The van der Waals surface area contributed by atoms with Crippen LogP contribution in [0.1, 0.15) is 76.4 Å². The van der Waals surface area contributed by atoms with Crippen molar-refractivity contribution in [3.63, 3.8) is 0 Å². The number of hydrogen-bond donors (Lipinski definition) is 1. The molecule has 4 nitrogen and oxygen atoms in total. The molecule has 3 rings (SSSR count). The summed E-state index contributed by atoms with van der Waals surface area (Å²) in [5, 5.41) is 6.67. The number of thiazole rings is 1. The first-order valence-corrected chi connectivity index (χ1v) is 11.7. The van der Waals surface area contributed by atoms with Crippen LogP contribution in [-0.4, -0.2) is 34.9 Å². The van der Waals surface area contributed by atoms with Crippen LogP contribution >= 0.6 is 11.3 Å². The molecule has 0 unspecified atom stereocenters. The van der Waals surface area contributed by atoms with E-state index in [9.17, 15) is 4.79 Å². The first-order chi connectivity index (χ1) is 12.9. The van der Waals surface area contributed by atoms with E-state index < -0.39 is 0 Å². The zero-order valence-corrected chi connectivity index (χ0v) is 18.4. The van der Waals surface area contributed by atoms with Crippen molar-refractivity contribution in [3.05, 3.63) is 16.1 Å². The third-order valence-electron chi connectivity index (χ3n) is 7.10. The molecule has 27 heavy (non-hydrogen) atoms. The molecular formula is C22H37N3OS. The number of nitrogens with zero attached hydrogens (tertiary/aromatic N) is 2. The van der Waals surface area contributed by atoms with Gasteiger partial charge in [0, 0.05) is 23.9 Å². The largest absolute Gasteiger partial charge is 0.353 e. The Hall–Kier alpha value is -0.940. The average Bonchev–Trinajstić information content (AvgIpc) is 3.07. The van der Waals surface area contributed by atoms with E-state index in [1.165, 1.54) is 25.0 Å². The Morgan fingerprint density at radius 2 is 1.89 bits per heavy atom. The number of carbonyl (C=O) groups is 1. The van der Waals surface area contributed by atoms with Crippen LogP contribution in [0.15, 0.2) is 5.38 Å². The number of aromatic nitrogens is 1. The van der Waals surface area contributed by atoms with Gasteiger partial charge in [-0.15, -0.1) is 11.3 Å². The van der Waals surface area contributed by atoms with Crippen molar-refractivity contribution in [1.29, 1.82) is 0 Å². The summed E-state index contributed by atoms with van der Waals surface area (Å²) < 4.78 is 0. The molecule has 1 N–H and O–H groups in total. The topological polar surface area (TPSA) is 45.2 Å². The number of hydrogen-bond acceptors (Lipinski definition) is 4. The van der Waals surface area contributed by atoms with E-state index in [0.717, 1.165) is 56.2 Å². The standard InChI is InChI=1S/C22H37N3OS/c1-5-22(3,4)18-6-8-19(9-7-18)24-21(26)17-10-12-25(13-11-17)14-20-15-27-16(2)23-20/h15,17-19H,5-14H2,1-4H3,(H,24,26). The summed E-state index contributed by atoms with van der Waals surface area (Å²) in [6.45, 7) is 12.1. The number of carbonyl (C=O) groups excluding carboxylic acids is 1. The van der Waals surface area contributed by atoms with E-state index in [-0.39, 0.29) is 5.92 Å². The third kappa shape index (κ3) is 5.54. The highest BCUT2D eigenvalue weighted by atomic mass is 32.1. The van der Waals surface area contributed by atoms with Gasteiger partial charge in [-0.1, -0.05) is 27.2 Å². The quantitative estimate of drug-likeness (QED) is 0.759. The fourth-order valence-corrected chi connectivity index (χ4v) is 5.29. The summed E-state index contributed by atoms with van der Waals surface area (Å²) in [6, 6.07) is 0.400. The van der Waals surface area contributed by atoms with Gasteiger partial charge in [-0.2, -0.15) is 0 Å². The zero-order chi connectivity index (χ0) is 19.4. The fourth-order valence-electron chi connectivity index (χ4n) is 4.69. The lowest BCUT2D eigenvalue weighted by Gasteiger charge is -2.39. The second-order valence-electron chi connectivity index (χ2n) is 9.31. The van der Waals surface area contributed by atoms with Crippen LogP contribution in [0.4, 0.5) is 0 Å². The minimum atomic E-state index is 0.197. The van der Waals surface area contributed by atoms with Crippen LogP contribution in [0.3, 0.4) is 0 Å². The molecule has 1 amide bonds. The first kappa shape index (κ1) is 20.8. The lowest BCUT2D eigenvalue weighted by atomic mass is 9.69. The molecule has 0 spiro atoms. The van der Waals surface area contributed by atoms with Crippen molar-refractivity contribution in [1.82, 2.24) is 15.2 Å². The Bertz CT molecular complexity index is 611. The normalized spacial score (nSPS) is 25.5. The molecule has 2 heterocycles. The minimum Gasteiger partial charge on any atom is -0.353 e. The second kappa shape index (κ2) is 9.04. The van der Waals surface area contributed by atoms with E-state index >= 15 is 0 Å². The van der Waals surface area contributed by atoms with Gasteiger partial charge in [0.2, 0.25) is 5.91 Å². The molecule has 2 fully saturated rings. The first-order valence-electron chi connectivity index (χ1n) is 10.8. The summed E-state index contributed by atoms with van der Waals surface area (Å²) in [7, 11) is 0. The molecule has 2 aliphatic rings. The fraction of sp³-hybridized carbons (Fsp3) is 0.818.